The molecule has 0 saturated carbocycles. The van der Waals surface area contributed by atoms with E-state index >= 15 is 0 Å². The maximum absolute atomic E-state index is 14.4. The van der Waals surface area contributed by atoms with Crippen LogP contribution in [0.2, 0.25) is 0 Å². The quantitative estimate of drug-likeness (QED) is 0.859. The molecule has 2 aliphatic heterocycles. The van der Waals surface area contributed by atoms with Crippen molar-refractivity contribution in [1.29, 1.82) is 0 Å². The van der Waals surface area contributed by atoms with Crippen LogP contribution in [0.15, 0.2) is 18.3 Å². The Labute approximate surface area is 137 Å². The molecule has 0 bridgehead atoms. The van der Waals surface area contributed by atoms with Crippen LogP contribution in [0.5, 0.6) is 0 Å². The van der Waals surface area contributed by atoms with Crippen LogP contribution in [0.25, 0.3) is 10.9 Å². The van der Waals surface area contributed by atoms with Gasteiger partial charge in [-0.05, 0) is 25.0 Å². The lowest BCUT2D eigenvalue weighted by Gasteiger charge is -2.45. The summed E-state index contributed by atoms with van der Waals surface area (Å²) in [5, 5.41) is 3.71. The molecule has 1 N–H and O–H groups in total. The first-order valence-electron chi connectivity index (χ1n) is 8.10. The lowest BCUT2D eigenvalue weighted by atomic mass is 9.95. The van der Waals surface area contributed by atoms with Gasteiger partial charge >= 0.3 is 0 Å². The molecule has 24 heavy (non-hydrogen) atoms. The number of ketones is 1. The molecular formula is C17H17F2N3O2. The number of carbonyl (C=O) groups is 2. The topological polar surface area (TPSA) is 56.4 Å². The Bertz CT molecular complexity index is 833. The van der Waals surface area contributed by atoms with Crippen LogP contribution in [0.3, 0.4) is 0 Å². The molecule has 2 aliphatic rings. The second-order valence-electron chi connectivity index (χ2n) is 6.36. The number of hydrogen-bond acceptors (Lipinski definition) is 3. The molecule has 0 spiro atoms. The number of hydrazine groups is 1. The largest absolute Gasteiger partial charge is 0.361 e. The van der Waals surface area contributed by atoms with Gasteiger partial charge in [0.2, 0.25) is 5.91 Å². The average molecular weight is 333 g/mol. The van der Waals surface area contributed by atoms with Crippen LogP contribution in [-0.2, 0) is 16.1 Å². The Morgan fingerprint density at radius 3 is 2.92 bits per heavy atom. The molecule has 126 valence electrons. The van der Waals surface area contributed by atoms with Crippen LogP contribution >= 0.6 is 0 Å². The summed E-state index contributed by atoms with van der Waals surface area (Å²) in [5.41, 5.74) is 0.592. The number of hydrogen-bond donors (Lipinski definition) is 1. The van der Waals surface area contributed by atoms with E-state index in [1.165, 1.54) is 5.01 Å². The molecule has 1 amide bonds. The lowest BCUT2D eigenvalue weighted by Crippen LogP contribution is -2.60. The van der Waals surface area contributed by atoms with E-state index in [2.05, 4.69) is 4.98 Å². The third-order valence-corrected chi connectivity index (χ3v) is 4.92. The zero-order valence-electron chi connectivity index (χ0n) is 13.0. The van der Waals surface area contributed by atoms with Crippen LogP contribution in [0.4, 0.5) is 8.78 Å². The Morgan fingerprint density at radius 2 is 2.08 bits per heavy atom. The number of fused-ring (bicyclic) bond motifs is 2. The predicted octanol–water partition coefficient (Wildman–Crippen LogP) is 2.52. The molecule has 1 aromatic carbocycles. The van der Waals surface area contributed by atoms with Crippen molar-refractivity contribution in [2.75, 3.05) is 6.54 Å². The van der Waals surface area contributed by atoms with Gasteiger partial charge in [0.1, 0.15) is 0 Å². The molecule has 3 heterocycles. The highest BCUT2D eigenvalue weighted by Gasteiger charge is 2.41. The lowest BCUT2D eigenvalue weighted by molar-refractivity contribution is -0.173. The van der Waals surface area contributed by atoms with Gasteiger partial charge in [-0.2, -0.15) is 0 Å². The van der Waals surface area contributed by atoms with Gasteiger partial charge in [0.05, 0.1) is 24.5 Å². The summed E-state index contributed by atoms with van der Waals surface area (Å²) in [5.74, 6) is -2.33. The number of halogens is 2. The van der Waals surface area contributed by atoms with Crippen LogP contribution in [-0.4, -0.2) is 39.3 Å². The van der Waals surface area contributed by atoms with Gasteiger partial charge in [-0.3, -0.25) is 14.6 Å². The van der Waals surface area contributed by atoms with Crippen molar-refractivity contribution in [3.05, 3.63) is 35.5 Å². The monoisotopic (exact) mass is 333 g/mol. The number of nitrogens with zero attached hydrogens (tertiary/aromatic N) is 2. The van der Waals surface area contributed by atoms with E-state index in [4.69, 9.17) is 0 Å². The first-order valence-corrected chi connectivity index (χ1v) is 8.10. The van der Waals surface area contributed by atoms with Gasteiger partial charge in [-0.25, -0.2) is 13.8 Å². The van der Waals surface area contributed by atoms with Crippen molar-refractivity contribution in [2.24, 2.45) is 0 Å². The Kier molecular flexibility index (Phi) is 3.60. The molecule has 2 fully saturated rings. The average Bonchev–Trinajstić information content (AvgIpc) is 3.02. The molecule has 0 aliphatic carbocycles. The SMILES string of the molecule is O=C1CC(=O)N(Cc2c(F)c(F)cc3cc[nH]c23)N2CCCC[C@@H]12. The number of piperidine rings is 1. The first kappa shape index (κ1) is 15.3. The molecule has 0 unspecified atom stereocenters. The van der Waals surface area contributed by atoms with Crippen molar-refractivity contribution in [3.8, 4) is 0 Å². The first-order chi connectivity index (χ1) is 11.6. The number of rotatable bonds is 2. The predicted molar refractivity (Wildman–Crippen MR) is 82.7 cm³/mol. The Morgan fingerprint density at radius 1 is 1.25 bits per heavy atom. The molecule has 1 atom stereocenters. The number of carbonyl (C=O) groups excluding carboxylic acids is 2. The van der Waals surface area contributed by atoms with Crippen LogP contribution < -0.4 is 0 Å². The van der Waals surface area contributed by atoms with Crippen molar-refractivity contribution in [1.82, 2.24) is 15.0 Å². The van der Waals surface area contributed by atoms with Crippen LogP contribution in [0, 0.1) is 11.6 Å². The van der Waals surface area contributed by atoms with E-state index < -0.39 is 11.6 Å². The highest BCUT2D eigenvalue weighted by molar-refractivity contribution is 6.02. The molecule has 5 nitrogen and oxygen atoms in total. The summed E-state index contributed by atoms with van der Waals surface area (Å²) in [4.78, 5) is 27.4. The van der Waals surface area contributed by atoms with Crippen molar-refractivity contribution < 1.29 is 18.4 Å². The van der Waals surface area contributed by atoms with Gasteiger partial charge in [0, 0.05) is 23.7 Å². The summed E-state index contributed by atoms with van der Waals surface area (Å²) < 4.78 is 28.2. The molecule has 0 radical (unpaired) electrons. The summed E-state index contributed by atoms with van der Waals surface area (Å²) in [6.07, 6.45) is 3.94. The van der Waals surface area contributed by atoms with E-state index in [0.717, 1.165) is 18.9 Å². The standard InChI is InChI=1S/C17H17F2N3O2/c18-12-7-10-4-5-20-17(10)11(16(12)19)9-22-15(24)8-14(23)13-3-1-2-6-21(13)22/h4-5,7,13,20H,1-3,6,8-9H2/t13-/m0/s1. The molecule has 1 aromatic heterocycles. The van der Waals surface area contributed by atoms with E-state index in [0.29, 0.717) is 23.9 Å². The molecule has 7 heteroatoms. The van der Waals surface area contributed by atoms with E-state index in [9.17, 15) is 18.4 Å². The van der Waals surface area contributed by atoms with E-state index in [1.54, 1.807) is 17.3 Å². The maximum Gasteiger partial charge on any atom is 0.244 e. The van der Waals surface area contributed by atoms with Crippen molar-refractivity contribution >= 4 is 22.6 Å². The fraction of sp³-hybridized carbons (Fsp3) is 0.412. The molecule has 2 saturated heterocycles. The third-order valence-electron chi connectivity index (χ3n) is 4.92. The van der Waals surface area contributed by atoms with Gasteiger partial charge in [0.25, 0.3) is 0 Å². The van der Waals surface area contributed by atoms with Crippen molar-refractivity contribution in [3.63, 3.8) is 0 Å². The minimum atomic E-state index is -0.955. The second kappa shape index (κ2) is 5.66. The summed E-state index contributed by atoms with van der Waals surface area (Å²) in [6.45, 7) is 0.496. The highest BCUT2D eigenvalue weighted by atomic mass is 19.2. The molecule has 2 aromatic rings. The van der Waals surface area contributed by atoms with E-state index in [1.807, 2.05) is 0 Å². The van der Waals surface area contributed by atoms with E-state index in [-0.39, 0.29) is 36.3 Å². The minimum Gasteiger partial charge on any atom is -0.361 e. The second-order valence-corrected chi connectivity index (χ2v) is 6.36. The van der Waals surface area contributed by atoms with Crippen LogP contribution in [0.1, 0.15) is 31.2 Å². The van der Waals surface area contributed by atoms with Gasteiger partial charge < -0.3 is 4.98 Å². The summed E-state index contributed by atoms with van der Waals surface area (Å²) in [7, 11) is 0. The Hall–Kier alpha value is -2.28. The maximum atomic E-state index is 14.4. The molecule has 4 rings (SSSR count). The summed E-state index contributed by atoms with van der Waals surface area (Å²) in [6, 6.07) is 2.47. The van der Waals surface area contributed by atoms with Gasteiger partial charge in [0.15, 0.2) is 17.4 Å². The number of H-pyrrole nitrogens is 1. The number of aromatic amines is 1. The Balaban J connectivity index is 1.74. The number of benzene rings is 1. The number of amides is 1. The zero-order chi connectivity index (χ0) is 16.8. The molecular weight excluding hydrogens is 316 g/mol. The van der Waals surface area contributed by atoms with Crippen molar-refractivity contribution in [2.45, 2.75) is 38.3 Å². The fourth-order valence-electron chi connectivity index (χ4n) is 3.73. The third kappa shape index (κ3) is 2.31. The summed E-state index contributed by atoms with van der Waals surface area (Å²) >= 11 is 0. The normalized spacial score (nSPS) is 22.2. The minimum absolute atomic E-state index is 0.0801. The fourth-order valence-corrected chi connectivity index (χ4v) is 3.73. The number of aromatic nitrogens is 1. The number of nitrogens with one attached hydrogen (secondary N) is 1. The zero-order valence-corrected chi connectivity index (χ0v) is 13.0. The smallest absolute Gasteiger partial charge is 0.244 e. The van der Waals surface area contributed by atoms with Gasteiger partial charge in [-0.15, -0.1) is 0 Å². The number of Topliss-reactive ketones (excluding diaryl/α,β-unsaturated/α-hetero) is 1. The van der Waals surface area contributed by atoms with Gasteiger partial charge in [-0.1, -0.05) is 6.42 Å². The highest BCUT2D eigenvalue weighted by Crippen LogP contribution is 2.30.